The zero-order valence-electron chi connectivity index (χ0n) is 13.0. The molecule has 9 nitrogen and oxygen atoms in total. The number of halogens is 1. The molecular weight excluding hydrogens is 382 g/mol. The summed E-state index contributed by atoms with van der Waals surface area (Å²) < 4.78 is 27.4. The van der Waals surface area contributed by atoms with Gasteiger partial charge in [-0.15, -0.1) is 0 Å². The van der Waals surface area contributed by atoms with Crippen molar-refractivity contribution < 1.29 is 13.3 Å². The van der Waals surface area contributed by atoms with E-state index in [9.17, 15) is 18.5 Å². The van der Waals surface area contributed by atoms with Crippen LogP contribution in [0.1, 0.15) is 0 Å². The molecule has 0 unspecified atom stereocenters. The van der Waals surface area contributed by atoms with E-state index in [1.54, 1.807) is 12.1 Å². The number of H-pyrrole nitrogens is 1. The van der Waals surface area contributed by atoms with Crippen molar-refractivity contribution in [2.24, 2.45) is 0 Å². The van der Waals surface area contributed by atoms with Crippen LogP contribution in [0.25, 0.3) is 0 Å². The Morgan fingerprint density at radius 3 is 2.58 bits per heavy atom. The van der Waals surface area contributed by atoms with E-state index in [1.807, 2.05) is 0 Å². The molecule has 0 fully saturated rings. The summed E-state index contributed by atoms with van der Waals surface area (Å²) in [6, 6.07) is 9.83. The maximum absolute atomic E-state index is 12.5. The zero-order chi connectivity index (χ0) is 18.7. The molecule has 0 spiro atoms. The van der Waals surface area contributed by atoms with Gasteiger partial charge < -0.3 is 5.32 Å². The van der Waals surface area contributed by atoms with Crippen molar-refractivity contribution >= 4 is 44.4 Å². The molecule has 26 heavy (non-hydrogen) atoms. The Morgan fingerprint density at radius 2 is 1.92 bits per heavy atom. The number of rotatable bonds is 6. The summed E-state index contributed by atoms with van der Waals surface area (Å²) in [5, 5.41) is 20.7. The number of nitrogens with zero attached hydrogens (tertiary/aromatic N) is 2. The van der Waals surface area contributed by atoms with E-state index >= 15 is 0 Å². The van der Waals surface area contributed by atoms with Crippen LogP contribution in [0.4, 0.5) is 22.7 Å². The molecule has 0 aliphatic rings. The van der Waals surface area contributed by atoms with E-state index in [0.717, 1.165) is 6.07 Å². The van der Waals surface area contributed by atoms with Crippen molar-refractivity contribution in [2.75, 3.05) is 10.0 Å². The van der Waals surface area contributed by atoms with Gasteiger partial charge in [-0.25, -0.2) is 8.42 Å². The van der Waals surface area contributed by atoms with E-state index in [4.69, 9.17) is 11.6 Å². The molecule has 0 radical (unpaired) electrons. The highest BCUT2D eigenvalue weighted by Gasteiger charge is 2.22. The minimum Gasteiger partial charge on any atom is -0.347 e. The summed E-state index contributed by atoms with van der Waals surface area (Å²) in [6.45, 7) is 0. The maximum Gasteiger partial charge on any atom is 0.294 e. The number of hydrogen-bond donors (Lipinski definition) is 3. The second-order valence-electron chi connectivity index (χ2n) is 5.13. The molecule has 0 bridgehead atoms. The van der Waals surface area contributed by atoms with E-state index in [0.29, 0.717) is 5.69 Å². The molecular formula is C15H12ClN5O4S. The SMILES string of the molecule is O=[N+]([O-])c1cc(S(=O)(=O)Nc2ccccc2Cl)ccc1Nc1cn[nH]c1. The van der Waals surface area contributed by atoms with Gasteiger partial charge in [0, 0.05) is 12.3 Å². The summed E-state index contributed by atoms with van der Waals surface area (Å²) in [5.74, 6) is 0. The summed E-state index contributed by atoms with van der Waals surface area (Å²) >= 11 is 5.95. The van der Waals surface area contributed by atoms with Gasteiger partial charge in [0.25, 0.3) is 15.7 Å². The Morgan fingerprint density at radius 1 is 1.15 bits per heavy atom. The smallest absolute Gasteiger partial charge is 0.294 e. The quantitative estimate of drug-likeness (QED) is 0.434. The Bertz CT molecular complexity index is 1050. The fraction of sp³-hybridized carbons (Fsp3) is 0. The average molecular weight is 394 g/mol. The number of anilines is 3. The molecule has 0 saturated carbocycles. The van der Waals surface area contributed by atoms with E-state index < -0.39 is 20.6 Å². The van der Waals surface area contributed by atoms with E-state index in [2.05, 4.69) is 20.2 Å². The minimum atomic E-state index is -4.06. The molecule has 11 heteroatoms. The lowest BCUT2D eigenvalue weighted by molar-refractivity contribution is -0.384. The minimum absolute atomic E-state index is 0.132. The Kier molecular flexibility index (Phi) is 4.78. The molecule has 0 aliphatic heterocycles. The fourth-order valence-electron chi connectivity index (χ4n) is 2.16. The number of nitro benzene ring substituents is 1. The standard InChI is InChI=1S/C15H12ClN5O4S/c16-12-3-1-2-4-13(12)20-26(24,25)11-5-6-14(15(7-11)21(22)23)19-10-8-17-18-9-10/h1-9,19-20H,(H,17,18). The van der Waals surface area contributed by atoms with Gasteiger partial charge in [-0.05, 0) is 24.3 Å². The summed E-state index contributed by atoms with van der Waals surface area (Å²) in [4.78, 5) is 10.4. The third-order valence-electron chi connectivity index (χ3n) is 3.37. The van der Waals surface area contributed by atoms with Crippen molar-refractivity contribution in [1.29, 1.82) is 0 Å². The molecule has 0 saturated heterocycles. The third kappa shape index (κ3) is 3.76. The molecule has 0 aliphatic carbocycles. The van der Waals surface area contributed by atoms with Gasteiger partial charge >= 0.3 is 0 Å². The van der Waals surface area contributed by atoms with Crippen LogP contribution in [-0.2, 0) is 10.0 Å². The first-order chi connectivity index (χ1) is 12.4. The van der Waals surface area contributed by atoms with Crippen molar-refractivity contribution in [3.8, 4) is 0 Å². The van der Waals surface area contributed by atoms with Crippen LogP contribution < -0.4 is 10.0 Å². The topological polar surface area (TPSA) is 130 Å². The summed E-state index contributed by atoms with van der Waals surface area (Å²) in [5.41, 5.74) is 0.414. The largest absolute Gasteiger partial charge is 0.347 e. The normalized spacial score (nSPS) is 11.1. The van der Waals surface area contributed by atoms with E-state index in [-0.39, 0.29) is 21.3 Å². The van der Waals surface area contributed by atoms with Crippen LogP contribution in [0.3, 0.4) is 0 Å². The van der Waals surface area contributed by atoms with Crippen molar-refractivity contribution in [1.82, 2.24) is 10.2 Å². The maximum atomic E-state index is 12.5. The molecule has 1 aromatic heterocycles. The van der Waals surface area contributed by atoms with Gasteiger partial charge in [0.2, 0.25) is 0 Å². The molecule has 2 aromatic carbocycles. The lowest BCUT2D eigenvalue weighted by Gasteiger charge is -2.11. The summed E-state index contributed by atoms with van der Waals surface area (Å²) in [7, 11) is -4.06. The van der Waals surface area contributed by atoms with Crippen LogP contribution in [0.5, 0.6) is 0 Å². The number of aromatic nitrogens is 2. The molecule has 3 rings (SSSR count). The van der Waals surface area contributed by atoms with Crippen LogP contribution in [0.15, 0.2) is 59.8 Å². The van der Waals surface area contributed by atoms with Gasteiger partial charge in [0.05, 0.1) is 32.4 Å². The van der Waals surface area contributed by atoms with Crippen molar-refractivity contribution in [3.05, 3.63) is 70.0 Å². The molecule has 134 valence electrons. The van der Waals surface area contributed by atoms with Gasteiger partial charge in [-0.3, -0.25) is 19.9 Å². The number of nitrogens with one attached hydrogen (secondary N) is 3. The highest BCUT2D eigenvalue weighted by atomic mass is 35.5. The Labute approximate surface area is 153 Å². The third-order valence-corrected chi connectivity index (χ3v) is 5.06. The average Bonchev–Trinajstić information content (AvgIpc) is 3.10. The molecule has 3 aromatic rings. The molecule has 0 amide bonds. The second kappa shape index (κ2) is 7.02. The number of para-hydroxylation sites is 1. The Balaban J connectivity index is 1.96. The van der Waals surface area contributed by atoms with E-state index in [1.165, 1.54) is 36.7 Å². The van der Waals surface area contributed by atoms with Gasteiger partial charge in [-0.2, -0.15) is 5.10 Å². The van der Waals surface area contributed by atoms with Crippen molar-refractivity contribution in [2.45, 2.75) is 4.90 Å². The highest BCUT2D eigenvalue weighted by molar-refractivity contribution is 7.92. The number of aromatic amines is 1. The lowest BCUT2D eigenvalue weighted by atomic mass is 10.2. The number of sulfonamides is 1. The van der Waals surface area contributed by atoms with Crippen LogP contribution in [-0.4, -0.2) is 23.5 Å². The first-order valence-electron chi connectivity index (χ1n) is 7.18. The number of hydrogen-bond acceptors (Lipinski definition) is 6. The second-order valence-corrected chi connectivity index (χ2v) is 7.22. The van der Waals surface area contributed by atoms with Gasteiger partial charge in [-0.1, -0.05) is 23.7 Å². The van der Waals surface area contributed by atoms with Crippen LogP contribution in [0, 0.1) is 10.1 Å². The highest BCUT2D eigenvalue weighted by Crippen LogP contribution is 2.31. The predicted octanol–water partition coefficient (Wildman–Crippen LogP) is 3.52. The summed E-state index contributed by atoms with van der Waals surface area (Å²) in [6.07, 6.45) is 2.95. The van der Waals surface area contributed by atoms with Gasteiger partial charge in [0.1, 0.15) is 5.69 Å². The zero-order valence-corrected chi connectivity index (χ0v) is 14.6. The first-order valence-corrected chi connectivity index (χ1v) is 9.04. The predicted molar refractivity (Wildman–Crippen MR) is 97.2 cm³/mol. The fourth-order valence-corrected chi connectivity index (χ4v) is 3.50. The molecule has 1 heterocycles. The lowest BCUT2D eigenvalue weighted by Crippen LogP contribution is -2.13. The van der Waals surface area contributed by atoms with Crippen molar-refractivity contribution in [3.63, 3.8) is 0 Å². The molecule has 0 atom stereocenters. The van der Waals surface area contributed by atoms with Gasteiger partial charge in [0.15, 0.2) is 0 Å². The van der Waals surface area contributed by atoms with Crippen LogP contribution in [0.2, 0.25) is 5.02 Å². The Hall–Kier alpha value is -3.11. The first kappa shape index (κ1) is 17.7. The number of nitro groups is 1. The van der Waals surface area contributed by atoms with Crippen LogP contribution >= 0.6 is 11.6 Å². The molecule has 3 N–H and O–H groups in total. The monoisotopic (exact) mass is 393 g/mol. The number of benzene rings is 2.